The van der Waals surface area contributed by atoms with Gasteiger partial charge in [-0.05, 0) is 52.4 Å². The molecule has 0 atom stereocenters. The topological polar surface area (TPSA) is 87.3 Å². The summed E-state index contributed by atoms with van der Waals surface area (Å²) >= 11 is 0. The molecule has 0 saturated carbocycles. The Morgan fingerprint density at radius 1 is 1.23 bits per heavy atom. The van der Waals surface area contributed by atoms with Crippen LogP contribution in [-0.4, -0.2) is 33.5 Å². The third kappa shape index (κ3) is 5.75. The van der Waals surface area contributed by atoms with Crippen molar-refractivity contribution in [1.82, 2.24) is 10.0 Å². The van der Waals surface area contributed by atoms with E-state index in [0.29, 0.717) is 24.2 Å². The Morgan fingerprint density at radius 3 is 2.41 bits per heavy atom. The van der Waals surface area contributed by atoms with Crippen LogP contribution in [0.15, 0.2) is 23.1 Å². The van der Waals surface area contributed by atoms with E-state index in [1.807, 2.05) is 0 Å². The van der Waals surface area contributed by atoms with Crippen molar-refractivity contribution in [2.45, 2.75) is 44.6 Å². The van der Waals surface area contributed by atoms with Gasteiger partial charge in [-0.15, -0.1) is 0 Å². The number of hydrogen-bond donors (Lipinski definition) is 3. The van der Waals surface area contributed by atoms with Crippen LogP contribution in [0, 0.1) is 6.92 Å². The highest BCUT2D eigenvalue weighted by atomic mass is 32.2. The van der Waals surface area contributed by atoms with Crippen LogP contribution in [0.4, 0.5) is 5.69 Å². The van der Waals surface area contributed by atoms with Crippen molar-refractivity contribution in [3.63, 3.8) is 0 Å². The molecule has 0 aromatic heterocycles. The quantitative estimate of drug-likeness (QED) is 0.741. The summed E-state index contributed by atoms with van der Waals surface area (Å²) in [5, 5.41) is 5.60. The number of nitrogens with one attached hydrogen (secondary N) is 3. The summed E-state index contributed by atoms with van der Waals surface area (Å²) in [6.07, 6.45) is 0.326. The molecule has 0 spiro atoms. The SMILES string of the molecule is CNCCC(=O)Nc1ccc(C)c(S(=O)(=O)NC(C)(C)C)c1. The van der Waals surface area contributed by atoms with Gasteiger partial charge in [-0.3, -0.25) is 4.79 Å². The highest BCUT2D eigenvalue weighted by Gasteiger charge is 2.24. The standard InChI is InChI=1S/C15H25N3O3S/c1-11-6-7-12(17-14(19)8-9-16-5)10-13(11)22(20,21)18-15(2,3)4/h6-7,10,16,18H,8-9H2,1-5H3,(H,17,19). The first-order valence-electron chi connectivity index (χ1n) is 7.14. The van der Waals surface area contributed by atoms with Gasteiger partial charge in [-0.25, -0.2) is 13.1 Å². The van der Waals surface area contributed by atoms with Crippen LogP contribution in [0.5, 0.6) is 0 Å². The van der Waals surface area contributed by atoms with Gasteiger partial charge in [-0.1, -0.05) is 6.07 Å². The molecule has 0 unspecified atom stereocenters. The maximum Gasteiger partial charge on any atom is 0.241 e. The Morgan fingerprint density at radius 2 is 1.86 bits per heavy atom. The van der Waals surface area contributed by atoms with Crippen molar-refractivity contribution >= 4 is 21.6 Å². The predicted octanol–water partition coefficient (Wildman–Crippen LogP) is 1.62. The molecule has 7 heteroatoms. The third-order valence-corrected chi connectivity index (χ3v) is 4.70. The molecule has 0 radical (unpaired) electrons. The lowest BCUT2D eigenvalue weighted by Gasteiger charge is -2.21. The fourth-order valence-corrected chi connectivity index (χ4v) is 3.58. The number of carbonyl (C=O) groups excluding carboxylic acids is 1. The maximum absolute atomic E-state index is 12.4. The molecular formula is C15H25N3O3S. The monoisotopic (exact) mass is 327 g/mol. The van der Waals surface area contributed by atoms with Gasteiger partial charge < -0.3 is 10.6 Å². The Balaban J connectivity index is 3.02. The first-order chi connectivity index (χ1) is 10.0. The summed E-state index contributed by atoms with van der Waals surface area (Å²) in [5.74, 6) is -0.162. The molecule has 0 aliphatic heterocycles. The molecule has 0 aliphatic carbocycles. The van der Waals surface area contributed by atoms with Gasteiger partial charge in [-0.2, -0.15) is 0 Å². The first kappa shape index (κ1) is 18.6. The van der Waals surface area contributed by atoms with Crippen molar-refractivity contribution < 1.29 is 13.2 Å². The number of amides is 1. The molecule has 0 bridgehead atoms. The number of aryl methyl sites for hydroxylation is 1. The number of anilines is 1. The molecule has 0 heterocycles. The van der Waals surface area contributed by atoms with Crippen molar-refractivity contribution in [2.24, 2.45) is 0 Å². The normalized spacial score (nSPS) is 12.2. The molecule has 3 N–H and O–H groups in total. The minimum atomic E-state index is -3.64. The third-order valence-electron chi connectivity index (χ3n) is 2.80. The summed E-state index contributed by atoms with van der Waals surface area (Å²) in [5.41, 5.74) is 0.531. The van der Waals surface area contributed by atoms with Crippen LogP contribution in [-0.2, 0) is 14.8 Å². The Hall–Kier alpha value is -1.44. The van der Waals surface area contributed by atoms with E-state index in [1.54, 1.807) is 46.9 Å². The lowest BCUT2D eigenvalue weighted by atomic mass is 10.1. The van der Waals surface area contributed by atoms with Crippen LogP contribution in [0.2, 0.25) is 0 Å². The summed E-state index contributed by atoms with van der Waals surface area (Å²) in [6, 6.07) is 4.87. The van der Waals surface area contributed by atoms with Gasteiger partial charge >= 0.3 is 0 Å². The van der Waals surface area contributed by atoms with Gasteiger partial charge in [0.05, 0.1) is 4.90 Å². The van der Waals surface area contributed by atoms with E-state index in [1.165, 1.54) is 6.07 Å². The zero-order valence-electron chi connectivity index (χ0n) is 13.8. The first-order valence-corrected chi connectivity index (χ1v) is 8.62. The second-order valence-corrected chi connectivity index (χ2v) is 7.89. The van der Waals surface area contributed by atoms with E-state index < -0.39 is 15.6 Å². The molecule has 0 fully saturated rings. The molecule has 0 aliphatic rings. The maximum atomic E-state index is 12.4. The van der Waals surface area contributed by atoms with Gasteiger partial charge in [0.25, 0.3) is 0 Å². The molecule has 124 valence electrons. The van der Waals surface area contributed by atoms with Crippen molar-refractivity contribution in [2.75, 3.05) is 18.9 Å². The molecule has 1 rings (SSSR count). The van der Waals surface area contributed by atoms with E-state index in [4.69, 9.17) is 0 Å². The highest BCUT2D eigenvalue weighted by Crippen LogP contribution is 2.21. The minimum Gasteiger partial charge on any atom is -0.326 e. The van der Waals surface area contributed by atoms with Crippen molar-refractivity contribution in [3.05, 3.63) is 23.8 Å². The fourth-order valence-electron chi connectivity index (χ4n) is 1.89. The van der Waals surface area contributed by atoms with E-state index in [9.17, 15) is 13.2 Å². The molecule has 1 aromatic rings. The summed E-state index contributed by atoms with van der Waals surface area (Å²) in [4.78, 5) is 11.9. The van der Waals surface area contributed by atoms with Gasteiger partial charge in [0, 0.05) is 24.2 Å². The Kier molecular flexibility index (Phi) is 6.10. The van der Waals surface area contributed by atoms with Crippen LogP contribution >= 0.6 is 0 Å². The van der Waals surface area contributed by atoms with Crippen LogP contribution < -0.4 is 15.4 Å². The largest absolute Gasteiger partial charge is 0.326 e. The van der Waals surface area contributed by atoms with E-state index in [-0.39, 0.29) is 10.8 Å². The average molecular weight is 327 g/mol. The van der Waals surface area contributed by atoms with Crippen LogP contribution in [0.25, 0.3) is 0 Å². The number of benzene rings is 1. The average Bonchev–Trinajstić information content (AvgIpc) is 2.35. The Bertz CT molecular complexity index is 634. The second-order valence-electron chi connectivity index (χ2n) is 6.24. The van der Waals surface area contributed by atoms with Crippen molar-refractivity contribution in [1.29, 1.82) is 0 Å². The van der Waals surface area contributed by atoms with E-state index in [0.717, 1.165) is 0 Å². The fraction of sp³-hybridized carbons (Fsp3) is 0.533. The number of sulfonamides is 1. The molecule has 22 heavy (non-hydrogen) atoms. The van der Waals surface area contributed by atoms with Crippen LogP contribution in [0.1, 0.15) is 32.8 Å². The van der Waals surface area contributed by atoms with Crippen molar-refractivity contribution in [3.8, 4) is 0 Å². The van der Waals surface area contributed by atoms with Crippen LogP contribution in [0.3, 0.4) is 0 Å². The lowest BCUT2D eigenvalue weighted by molar-refractivity contribution is -0.116. The van der Waals surface area contributed by atoms with E-state index in [2.05, 4.69) is 15.4 Å². The molecule has 0 saturated heterocycles. The number of rotatable bonds is 6. The molecular weight excluding hydrogens is 302 g/mol. The summed E-state index contributed by atoms with van der Waals surface area (Å²) in [6.45, 7) is 7.63. The van der Waals surface area contributed by atoms with E-state index >= 15 is 0 Å². The predicted molar refractivity (Wildman–Crippen MR) is 88.4 cm³/mol. The smallest absolute Gasteiger partial charge is 0.241 e. The molecule has 6 nitrogen and oxygen atoms in total. The van der Waals surface area contributed by atoms with Gasteiger partial charge in [0.2, 0.25) is 15.9 Å². The zero-order valence-corrected chi connectivity index (χ0v) is 14.6. The number of carbonyl (C=O) groups is 1. The molecule has 1 aromatic carbocycles. The summed E-state index contributed by atoms with van der Waals surface area (Å²) in [7, 11) is -1.87. The zero-order chi connectivity index (χ0) is 17.0. The summed E-state index contributed by atoms with van der Waals surface area (Å²) < 4.78 is 27.5. The Labute approximate surface area is 132 Å². The molecule has 1 amide bonds. The minimum absolute atomic E-state index is 0.162. The van der Waals surface area contributed by atoms with Gasteiger partial charge in [0.15, 0.2) is 0 Å². The number of hydrogen-bond acceptors (Lipinski definition) is 4. The van der Waals surface area contributed by atoms with Gasteiger partial charge in [0.1, 0.15) is 0 Å². The lowest BCUT2D eigenvalue weighted by Crippen LogP contribution is -2.40. The second kappa shape index (κ2) is 7.21. The highest BCUT2D eigenvalue weighted by molar-refractivity contribution is 7.89.